The molecule has 5 nitrogen and oxygen atoms in total. The van der Waals surface area contributed by atoms with Crippen molar-refractivity contribution in [2.24, 2.45) is 0 Å². The van der Waals surface area contributed by atoms with E-state index in [1.54, 1.807) is 6.33 Å². The predicted octanol–water partition coefficient (Wildman–Crippen LogP) is 2.97. The lowest BCUT2D eigenvalue weighted by Gasteiger charge is -2.27. The van der Waals surface area contributed by atoms with Crippen molar-refractivity contribution in [2.45, 2.75) is 19.4 Å². The first-order valence-corrected chi connectivity index (χ1v) is 7.10. The second kappa shape index (κ2) is 4.77. The Kier molecular flexibility index (Phi) is 2.77. The average Bonchev–Trinajstić information content (AvgIpc) is 2.96. The normalized spacial score (nSPS) is 17.3. The summed E-state index contributed by atoms with van der Waals surface area (Å²) in [7, 11) is 0. The topological polar surface area (TPSA) is 51.5 Å². The Hall–Kier alpha value is -2.56. The molecular formula is C16H16N4O. The summed E-state index contributed by atoms with van der Waals surface area (Å²) in [5, 5.41) is 7.88. The van der Waals surface area contributed by atoms with Gasteiger partial charge in [0.15, 0.2) is 5.65 Å². The number of aromatic nitrogens is 3. The molecule has 0 bridgehead atoms. The van der Waals surface area contributed by atoms with Crippen LogP contribution in [0.2, 0.25) is 0 Å². The zero-order chi connectivity index (χ0) is 14.2. The molecule has 3 aromatic rings. The Labute approximate surface area is 122 Å². The molecule has 2 aromatic heterocycles. The smallest absolute Gasteiger partial charge is 0.157 e. The van der Waals surface area contributed by atoms with Crippen LogP contribution in [-0.2, 0) is 0 Å². The lowest BCUT2D eigenvalue weighted by atomic mass is 10.0. The minimum atomic E-state index is 0.226. The number of nitrogens with one attached hydrogen (secondary N) is 1. The lowest BCUT2D eigenvalue weighted by molar-refractivity contribution is 0.274. The molecule has 1 aromatic carbocycles. The van der Waals surface area contributed by atoms with Gasteiger partial charge in [0.25, 0.3) is 0 Å². The van der Waals surface area contributed by atoms with Crippen molar-refractivity contribution in [3.8, 4) is 5.75 Å². The van der Waals surface area contributed by atoms with Crippen LogP contribution in [0.3, 0.4) is 0 Å². The van der Waals surface area contributed by atoms with E-state index < -0.39 is 0 Å². The quantitative estimate of drug-likeness (QED) is 0.784. The Balaban J connectivity index is 1.74. The van der Waals surface area contributed by atoms with Crippen LogP contribution in [0, 0.1) is 6.92 Å². The molecule has 3 heterocycles. The number of aryl methyl sites for hydroxylation is 1. The Morgan fingerprint density at radius 3 is 3.14 bits per heavy atom. The van der Waals surface area contributed by atoms with Gasteiger partial charge in [-0.3, -0.25) is 0 Å². The SMILES string of the molecule is Cc1cc(NC2CCOc3ccccc32)n2ncnc2c1. The molecule has 106 valence electrons. The van der Waals surface area contributed by atoms with Crippen molar-refractivity contribution in [3.05, 3.63) is 53.9 Å². The summed E-state index contributed by atoms with van der Waals surface area (Å²) >= 11 is 0. The first-order chi connectivity index (χ1) is 10.3. The number of hydrogen-bond acceptors (Lipinski definition) is 4. The van der Waals surface area contributed by atoms with Crippen molar-refractivity contribution >= 4 is 11.5 Å². The average molecular weight is 280 g/mol. The first-order valence-electron chi connectivity index (χ1n) is 7.10. The molecular weight excluding hydrogens is 264 g/mol. The van der Waals surface area contributed by atoms with Crippen molar-refractivity contribution in [2.75, 3.05) is 11.9 Å². The highest BCUT2D eigenvalue weighted by atomic mass is 16.5. The molecule has 0 spiro atoms. The van der Waals surface area contributed by atoms with Crippen molar-refractivity contribution in [1.82, 2.24) is 14.6 Å². The van der Waals surface area contributed by atoms with Gasteiger partial charge in [-0.05, 0) is 30.7 Å². The second-order valence-corrected chi connectivity index (χ2v) is 5.32. The fourth-order valence-electron chi connectivity index (χ4n) is 2.83. The summed E-state index contributed by atoms with van der Waals surface area (Å²) in [6.45, 7) is 2.79. The van der Waals surface area contributed by atoms with E-state index in [0.717, 1.165) is 30.2 Å². The molecule has 1 unspecified atom stereocenters. The lowest BCUT2D eigenvalue weighted by Crippen LogP contribution is -2.21. The highest BCUT2D eigenvalue weighted by molar-refractivity contribution is 5.53. The molecule has 0 radical (unpaired) electrons. The molecule has 1 aliphatic heterocycles. The summed E-state index contributed by atoms with van der Waals surface area (Å²) in [5.74, 6) is 1.92. The van der Waals surface area contributed by atoms with Crippen LogP contribution in [0.15, 0.2) is 42.7 Å². The van der Waals surface area contributed by atoms with Gasteiger partial charge in [0, 0.05) is 12.0 Å². The molecule has 0 amide bonds. The molecule has 4 rings (SSSR count). The second-order valence-electron chi connectivity index (χ2n) is 5.32. The van der Waals surface area contributed by atoms with Crippen LogP contribution < -0.4 is 10.1 Å². The first kappa shape index (κ1) is 12.2. The summed E-state index contributed by atoms with van der Waals surface area (Å²) in [5.41, 5.74) is 3.22. The van der Waals surface area contributed by atoms with E-state index >= 15 is 0 Å². The van der Waals surface area contributed by atoms with Gasteiger partial charge >= 0.3 is 0 Å². The summed E-state index contributed by atoms with van der Waals surface area (Å²) < 4.78 is 7.55. The van der Waals surface area contributed by atoms with Crippen LogP contribution in [0.25, 0.3) is 5.65 Å². The van der Waals surface area contributed by atoms with Gasteiger partial charge < -0.3 is 10.1 Å². The van der Waals surface area contributed by atoms with E-state index in [-0.39, 0.29) is 6.04 Å². The molecule has 0 fully saturated rings. The Bertz CT molecular complexity index is 796. The minimum absolute atomic E-state index is 0.226. The summed E-state index contributed by atoms with van der Waals surface area (Å²) in [6, 6.07) is 12.5. The molecule has 0 saturated carbocycles. The van der Waals surface area contributed by atoms with Gasteiger partial charge in [0.2, 0.25) is 0 Å². The number of ether oxygens (including phenoxy) is 1. The Morgan fingerprint density at radius 2 is 2.19 bits per heavy atom. The number of fused-ring (bicyclic) bond motifs is 2. The van der Waals surface area contributed by atoms with Crippen molar-refractivity contribution in [1.29, 1.82) is 0 Å². The van der Waals surface area contributed by atoms with Gasteiger partial charge in [-0.25, -0.2) is 4.98 Å². The van der Waals surface area contributed by atoms with E-state index in [1.165, 1.54) is 11.1 Å². The molecule has 1 aliphatic rings. The molecule has 0 saturated heterocycles. The number of pyridine rings is 1. The molecule has 5 heteroatoms. The number of rotatable bonds is 2. The highest BCUT2D eigenvalue weighted by Gasteiger charge is 2.21. The zero-order valence-corrected chi connectivity index (χ0v) is 11.8. The van der Waals surface area contributed by atoms with Gasteiger partial charge in [-0.2, -0.15) is 9.61 Å². The zero-order valence-electron chi connectivity index (χ0n) is 11.8. The fraction of sp³-hybridized carbons (Fsp3) is 0.250. The van der Waals surface area contributed by atoms with Crippen molar-refractivity contribution < 1.29 is 4.74 Å². The number of para-hydroxylation sites is 1. The van der Waals surface area contributed by atoms with Crippen LogP contribution >= 0.6 is 0 Å². The third kappa shape index (κ3) is 2.11. The highest BCUT2D eigenvalue weighted by Crippen LogP contribution is 2.34. The van der Waals surface area contributed by atoms with Gasteiger partial charge in [0.1, 0.15) is 17.9 Å². The number of hydrogen-bond donors (Lipinski definition) is 1. The molecule has 1 atom stereocenters. The van der Waals surface area contributed by atoms with E-state index in [1.807, 2.05) is 28.8 Å². The fourth-order valence-corrected chi connectivity index (χ4v) is 2.83. The Morgan fingerprint density at radius 1 is 1.29 bits per heavy atom. The monoisotopic (exact) mass is 280 g/mol. The van der Waals surface area contributed by atoms with E-state index in [9.17, 15) is 0 Å². The number of benzene rings is 1. The van der Waals surface area contributed by atoms with E-state index in [2.05, 4.69) is 34.5 Å². The number of nitrogens with zero attached hydrogens (tertiary/aromatic N) is 3. The number of anilines is 1. The summed E-state index contributed by atoms with van der Waals surface area (Å²) in [4.78, 5) is 4.26. The summed E-state index contributed by atoms with van der Waals surface area (Å²) in [6.07, 6.45) is 2.51. The molecule has 21 heavy (non-hydrogen) atoms. The van der Waals surface area contributed by atoms with Gasteiger partial charge in [0.05, 0.1) is 12.6 Å². The van der Waals surface area contributed by atoms with E-state index in [0.29, 0.717) is 0 Å². The maximum atomic E-state index is 5.71. The van der Waals surface area contributed by atoms with E-state index in [4.69, 9.17) is 4.74 Å². The largest absolute Gasteiger partial charge is 0.493 e. The third-order valence-corrected chi connectivity index (χ3v) is 3.80. The van der Waals surface area contributed by atoms with Crippen LogP contribution in [0.1, 0.15) is 23.6 Å². The predicted molar refractivity (Wildman–Crippen MR) is 80.6 cm³/mol. The van der Waals surface area contributed by atoms with Crippen LogP contribution in [0.4, 0.5) is 5.82 Å². The standard InChI is InChI=1S/C16H16N4O/c1-11-8-15-17-10-18-20(15)16(9-11)19-13-6-7-21-14-5-3-2-4-12(13)14/h2-5,8-10,13,19H,6-7H2,1H3. The third-order valence-electron chi connectivity index (χ3n) is 3.80. The van der Waals surface area contributed by atoms with Crippen LogP contribution in [0.5, 0.6) is 5.75 Å². The maximum absolute atomic E-state index is 5.71. The van der Waals surface area contributed by atoms with Gasteiger partial charge in [-0.15, -0.1) is 0 Å². The van der Waals surface area contributed by atoms with Gasteiger partial charge in [-0.1, -0.05) is 18.2 Å². The maximum Gasteiger partial charge on any atom is 0.157 e. The minimum Gasteiger partial charge on any atom is -0.493 e. The van der Waals surface area contributed by atoms with Crippen molar-refractivity contribution in [3.63, 3.8) is 0 Å². The molecule has 0 aliphatic carbocycles. The molecule has 1 N–H and O–H groups in total. The van der Waals surface area contributed by atoms with Crippen LogP contribution in [-0.4, -0.2) is 21.2 Å².